The Balaban J connectivity index is 1.38. The van der Waals surface area contributed by atoms with Crippen molar-refractivity contribution < 1.29 is 0 Å². The third-order valence-corrected chi connectivity index (χ3v) is 6.68. The number of rotatable bonds is 5. The molecule has 0 atom stereocenters. The molecule has 32 heavy (non-hydrogen) atoms. The molecule has 4 rings (SSSR count). The number of anilines is 1. The van der Waals surface area contributed by atoms with Crippen LogP contribution < -0.4 is 4.90 Å². The molecule has 0 radical (unpaired) electrons. The Morgan fingerprint density at radius 2 is 1.38 bits per heavy atom. The molecule has 2 fully saturated rings. The predicted molar refractivity (Wildman–Crippen MR) is 127 cm³/mol. The molecule has 2 aliphatic heterocycles. The average molecular weight is 429 g/mol. The number of hydrogen-bond donors (Lipinski definition) is 0. The molecule has 2 aromatic carbocycles. The lowest BCUT2D eigenvalue weighted by atomic mass is 10.1. The third-order valence-electron chi connectivity index (χ3n) is 6.68. The quantitative estimate of drug-likeness (QED) is 0.730. The lowest BCUT2D eigenvalue weighted by Crippen LogP contribution is -2.45. The van der Waals surface area contributed by atoms with Crippen LogP contribution in [0.25, 0.3) is 0 Å². The van der Waals surface area contributed by atoms with E-state index in [1.165, 1.54) is 12.1 Å². The highest BCUT2D eigenvalue weighted by Crippen LogP contribution is 2.23. The first-order valence-electron chi connectivity index (χ1n) is 11.6. The van der Waals surface area contributed by atoms with Gasteiger partial charge in [0, 0.05) is 64.6 Å². The molecular formula is C26H32N6. The van der Waals surface area contributed by atoms with Gasteiger partial charge in [-0.1, -0.05) is 18.2 Å². The fourth-order valence-electron chi connectivity index (χ4n) is 4.68. The second-order valence-electron chi connectivity index (χ2n) is 8.92. The summed E-state index contributed by atoms with van der Waals surface area (Å²) in [5.41, 5.74) is 5.02. The maximum absolute atomic E-state index is 9.66. The first kappa shape index (κ1) is 22.3. The molecule has 0 unspecified atom stereocenters. The summed E-state index contributed by atoms with van der Waals surface area (Å²) in [6, 6.07) is 18.9. The summed E-state index contributed by atoms with van der Waals surface area (Å²) in [7, 11) is 2.19. The predicted octanol–water partition coefficient (Wildman–Crippen LogP) is 2.89. The molecule has 0 aromatic heterocycles. The zero-order valence-electron chi connectivity index (χ0n) is 19.0. The van der Waals surface area contributed by atoms with E-state index in [0.29, 0.717) is 0 Å². The van der Waals surface area contributed by atoms with Crippen LogP contribution in [-0.2, 0) is 13.1 Å². The van der Waals surface area contributed by atoms with Crippen LogP contribution in [-0.4, -0.2) is 74.1 Å². The van der Waals surface area contributed by atoms with Gasteiger partial charge in [0.05, 0.1) is 23.3 Å². The van der Waals surface area contributed by atoms with Crippen molar-refractivity contribution in [1.29, 1.82) is 10.5 Å². The van der Waals surface area contributed by atoms with Crippen LogP contribution in [0, 0.1) is 22.7 Å². The molecule has 6 nitrogen and oxygen atoms in total. The van der Waals surface area contributed by atoms with Gasteiger partial charge in [-0.15, -0.1) is 0 Å². The second kappa shape index (κ2) is 10.6. The normalized spacial score (nSPS) is 18.7. The minimum atomic E-state index is 0.769. The highest BCUT2D eigenvalue weighted by atomic mass is 15.3. The number of benzene rings is 2. The SMILES string of the molecule is CN1CCCN(c2ccc(C#N)c(CN3CCN(Cc4ccccc4C#N)CC3)c2)CC1. The minimum absolute atomic E-state index is 0.769. The van der Waals surface area contributed by atoms with Crippen molar-refractivity contribution in [3.05, 3.63) is 64.7 Å². The van der Waals surface area contributed by atoms with Crippen molar-refractivity contribution in [1.82, 2.24) is 14.7 Å². The summed E-state index contributed by atoms with van der Waals surface area (Å²) in [6.07, 6.45) is 1.17. The van der Waals surface area contributed by atoms with Crippen LogP contribution in [0.4, 0.5) is 5.69 Å². The highest BCUT2D eigenvalue weighted by molar-refractivity contribution is 5.54. The van der Waals surface area contributed by atoms with Crippen LogP contribution in [0.1, 0.15) is 28.7 Å². The standard InChI is InChI=1S/C26H32N6/c1-29-9-4-10-32(16-11-29)26-8-7-23(19-28)25(17-26)21-31-14-12-30(13-15-31)20-24-6-3-2-5-22(24)18-27/h2-3,5-8,17H,4,9-16,20-21H2,1H3. The topological polar surface area (TPSA) is 60.5 Å². The van der Waals surface area contributed by atoms with Gasteiger partial charge in [0.2, 0.25) is 0 Å². The number of nitrogens with zero attached hydrogens (tertiary/aromatic N) is 6. The molecule has 0 aliphatic carbocycles. The largest absolute Gasteiger partial charge is 0.370 e. The summed E-state index contributed by atoms with van der Waals surface area (Å²) in [6.45, 7) is 9.83. The van der Waals surface area contributed by atoms with E-state index < -0.39 is 0 Å². The van der Waals surface area contributed by atoms with Crippen LogP contribution in [0.15, 0.2) is 42.5 Å². The van der Waals surface area contributed by atoms with E-state index in [4.69, 9.17) is 0 Å². The first-order valence-corrected chi connectivity index (χ1v) is 11.6. The fraction of sp³-hybridized carbons (Fsp3) is 0.462. The Hall–Kier alpha value is -2.90. The van der Waals surface area contributed by atoms with Gasteiger partial charge in [-0.2, -0.15) is 10.5 Å². The first-order chi connectivity index (χ1) is 15.7. The van der Waals surface area contributed by atoms with Gasteiger partial charge >= 0.3 is 0 Å². The van der Waals surface area contributed by atoms with Crippen LogP contribution in [0.3, 0.4) is 0 Å². The van der Waals surface area contributed by atoms with E-state index in [-0.39, 0.29) is 0 Å². The zero-order valence-corrected chi connectivity index (χ0v) is 19.0. The van der Waals surface area contributed by atoms with Gasteiger partial charge in [-0.05, 0) is 55.4 Å². The number of likely N-dealkylation sites (N-methyl/N-ethyl adjacent to an activating group) is 1. The molecule has 6 heteroatoms. The summed E-state index contributed by atoms with van der Waals surface area (Å²) < 4.78 is 0. The smallest absolute Gasteiger partial charge is 0.0995 e. The minimum Gasteiger partial charge on any atom is -0.370 e. The Bertz CT molecular complexity index is 996. The highest BCUT2D eigenvalue weighted by Gasteiger charge is 2.20. The zero-order chi connectivity index (χ0) is 22.3. The summed E-state index contributed by atoms with van der Waals surface area (Å²) >= 11 is 0. The molecule has 2 saturated heterocycles. The molecule has 2 aromatic rings. The Kier molecular flexibility index (Phi) is 7.39. The molecule has 0 spiro atoms. The number of piperazine rings is 1. The van der Waals surface area contributed by atoms with E-state index in [0.717, 1.165) is 87.7 Å². The van der Waals surface area contributed by atoms with Crippen molar-refractivity contribution in [2.75, 3.05) is 64.3 Å². The lowest BCUT2D eigenvalue weighted by molar-refractivity contribution is 0.122. The van der Waals surface area contributed by atoms with Crippen LogP contribution in [0.2, 0.25) is 0 Å². The van der Waals surface area contributed by atoms with Crippen molar-refractivity contribution in [2.24, 2.45) is 0 Å². The summed E-state index contributed by atoms with van der Waals surface area (Å²) in [5.74, 6) is 0. The van der Waals surface area contributed by atoms with Gasteiger partial charge in [0.15, 0.2) is 0 Å². The molecule has 2 aliphatic rings. The Morgan fingerprint density at radius 3 is 2.09 bits per heavy atom. The van der Waals surface area contributed by atoms with Crippen molar-refractivity contribution >= 4 is 5.69 Å². The Morgan fingerprint density at radius 1 is 0.719 bits per heavy atom. The van der Waals surface area contributed by atoms with E-state index >= 15 is 0 Å². The molecule has 0 amide bonds. The molecule has 0 bridgehead atoms. The van der Waals surface area contributed by atoms with E-state index in [1.54, 1.807) is 0 Å². The average Bonchev–Trinajstić information content (AvgIpc) is 3.05. The third kappa shape index (κ3) is 5.47. The molecule has 2 heterocycles. The molecule has 0 saturated carbocycles. The van der Waals surface area contributed by atoms with Crippen molar-refractivity contribution in [3.8, 4) is 12.1 Å². The summed E-state index contributed by atoms with van der Waals surface area (Å²) in [5, 5.41) is 19.0. The van der Waals surface area contributed by atoms with E-state index in [1.807, 2.05) is 24.3 Å². The maximum atomic E-state index is 9.66. The van der Waals surface area contributed by atoms with E-state index in [9.17, 15) is 10.5 Å². The number of nitriles is 2. The van der Waals surface area contributed by atoms with E-state index in [2.05, 4.69) is 57.0 Å². The lowest BCUT2D eigenvalue weighted by Gasteiger charge is -2.35. The van der Waals surface area contributed by atoms with Gasteiger partial charge in [0.1, 0.15) is 0 Å². The van der Waals surface area contributed by atoms with Gasteiger partial charge in [-0.25, -0.2) is 0 Å². The summed E-state index contributed by atoms with van der Waals surface area (Å²) in [4.78, 5) is 9.71. The van der Waals surface area contributed by atoms with Crippen LogP contribution in [0.5, 0.6) is 0 Å². The van der Waals surface area contributed by atoms with Crippen molar-refractivity contribution in [2.45, 2.75) is 19.5 Å². The van der Waals surface area contributed by atoms with Crippen molar-refractivity contribution in [3.63, 3.8) is 0 Å². The van der Waals surface area contributed by atoms with Gasteiger partial charge in [-0.3, -0.25) is 9.80 Å². The van der Waals surface area contributed by atoms with Gasteiger partial charge < -0.3 is 9.80 Å². The molecular weight excluding hydrogens is 396 g/mol. The molecule has 0 N–H and O–H groups in total. The fourth-order valence-corrected chi connectivity index (χ4v) is 4.68. The van der Waals surface area contributed by atoms with Gasteiger partial charge in [0.25, 0.3) is 0 Å². The maximum Gasteiger partial charge on any atom is 0.0995 e. The molecule has 166 valence electrons. The van der Waals surface area contributed by atoms with Crippen LogP contribution >= 0.6 is 0 Å². The number of hydrogen-bond acceptors (Lipinski definition) is 6. The monoisotopic (exact) mass is 428 g/mol. The Labute approximate surface area is 191 Å². The second-order valence-corrected chi connectivity index (χ2v) is 8.92.